The van der Waals surface area contributed by atoms with Crippen LogP contribution in [0.1, 0.15) is 95.8 Å². The molecule has 1 amide bonds. The minimum atomic E-state index is -3.73. The van der Waals surface area contributed by atoms with E-state index in [1.165, 1.54) is 7.11 Å². The largest absolute Gasteiger partial charge is 0.496 e. The fraction of sp³-hybridized carbons (Fsp3) is 0.552. The van der Waals surface area contributed by atoms with Crippen molar-refractivity contribution < 1.29 is 26.4 Å². The first kappa shape index (κ1) is 32.8. The van der Waals surface area contributed by atoms with Gasteiger partial charge in [-0.3, -0.25) is 4.79 Å². The van der Waals surface area contributed by atoms with Gasteiger partial charge < -0.3 is 10.1 Å². The lowest BCUT2D eigenvalue weighted by Gasteiger charge is -2.25. The van der Waals surface area contributed by atoms with Crippen molar-refractivity contribution in [1.82, 2.24) is 0 Å². The summed E-state index contributed by atoms with van der Waals surface area (Å²) in [4.78, 5) is 13.6. The summed E-state index contributed by atoms with van der Waals surface area (Å²) in [6.07, 6.45) is 4.06. The monoisotopic (exact) mass is 580 g/mol. The third-order valence-electron chi connectivity index (χ3n) is 6.64. The molecule has 8 nitrogen and oxygen atoms in total. The Bertz CT molecular complexity index is 1350. The molecule has 0 radical (unpaired) electrons. The van der Waals surface area contributed by atoms with E-state index < -0.39 is 19.9 Å². The highest BCUT2D eigenvalue weighted by molar-refractivity contribution is 7.91. The van der Waals surface area contributed by atoms with Crippen LogP contribution < -0.4 is 15.2 Å². The number of carbonyl (C=O) groups is 1. The topological polar surface area (TPSA) is 133 Å². The molecular weight excluding hydrogens is 536 g/mol. The molecule has 0 aliphatic heterocycles. The van der Waals surface area contributed by atoms with Gasteiger partial charge >= 0.3 is 0 Å². The molecular formula is C29H44N2O6S2. The summed E-state index contributed by atoms with van der Waals surface area (Å²) in [6, 6.07) is 10.1. The molecule has 2 rings (SSSR count). The number of primary sulfonamides is 1. The lowest BCUT2D eigenvalue weighted by Crippen LogP contribution is -2.21. The van der Waals surface area contributed by atoms with Crippen molar-refractivity contribution in [3.05, 3.63) is 53.1 Å². The maximum atomic E-state index is 13.4. The predicted octanol–water partition coefficient (Wildman–Crippen LogP) is 5.66. The second kappa shape index (κ2) is 13.8. The van der Waals surface area contributed by atoms with Crippen LogP contribution in [0, 0.1) is 0 Å². The Labute approximate surface area is 234 Å². The summed E-state index contributed by atoms with van der Waals surface area (Å²) < 4.78 is 54.4. The van der Waals surface area contributed by atoms with Gasteiger partial charge in [-0.15, -0.1) is 0 Å². The number of anilines is 1. The van der Waals surface area contributed by atoms with Gasteiger partial charge in [0, 0.05) is 12.1 Å². The van der Waals surface area contributed by atoms with E-state index in [9.17, 15) is 21.6 Å². The number of amides is 1. The number of nitrogens with one attached hydrogen (secondary N) is 1. The number of benzene rings is 2. The maximum Gasteiger partial charge on any atom is 0.224 e. The first-order valence-corrected chi connectivity index (χ1v) is 16.8. The van der Waals surface area contributed by atoms with Gasteiger partial charge in [0.15, 0.2) is 9.84 Å². The highest BCUT2D eigenvalue weighted by Gasteiger charge is 2.25. The smallest absolute Gasteiger partial charge is 0.224 e. The van der Waals surface area contributed by atoms with E-state index in [4.69, 9.17) is 9.88 Å². The zero-order valence-electron chi connectivity index (χ0n) is 24.0. The number of carbonyl (C=O) groups excluding carboxylic acids is 1. The van der Waals surface area contributed by atoms with E-state index in [0.29, 0.717) is 23.4 Å². The average molecular weight is 581 g/mol. The average Bonchev–Trinajstić information content (AvgIpc) is 2.83. The number of hydrogen-bond donors (Lipinski definition) is 2. The van der Waals surface area contributed by atoms with Crippen LogP contribution in [-0.2, 0) is 35.8 Å². The van der Waals surface area contributed by atoms with Gasteiger partial charge in [0.25, 0.3) is 0 Å². The van der Waals surface area contributed by atoms with Crippen molar-refractivity contribution >= 4 is 31.5 Å². The van der Waals surface area contributed by atoms with Gasteiger partial charge in [-0.25, -0.2) is 22.0 Å². The standard InChI is InChI=1S/C29H44N2O6S2/c1-7-9-11-22(24-14-13-23(19-27(24)37-6)38(33,34)16-10-8-2)18-28(32)31-26-17-21(20-39(30,35)36)12-15-25(26)29(3,4)5/h12-15,17,19,22H,7-11,16,18,20H2,1-6H3,(H,31,32)(H2,30,35,36). The molecule has 3 N–H and O–H groups in total. The van der Waals surface area contributed by atoms with Crippen LogP contribution in [0.3, 0.4) is 0 Å². The number of ether oxygens (including phenoxy) is 1. The van der Waals surface area contributed by atoms with Gasteiger partial charge in [0.1, 0.15) is 5.75 Å². The molecule has 2 aromatic carbocycles. The molecule has 218 valence electrons. The molecule has 0 spiro atoms. The van der Waals surface area contributed by atoms with Crippen molar-refractivity contribution in [3.63, 3.8) is 0 Å². The molecule has 0 saturated heterocycles. The Hall–Kier alpha value is -2.43. The molecule has 0 heterocycles. The van der Waals surface area contributed by atoms with E-state index in [1.54, 1.807) is 30.3 Å². The van der Waals surface area contributed by atoms with E-state index in [1.807, 2.05) is 33.8 Å². The summed E-state index contributed by atoms with van der Waals surface area (Å²) in [5.74, 6) is -0.223. The molecule has 1 unspecified atom stereocenters. The van der Waals surface area contributed by atoms with Gasteiger partial charge in [0.05, 0.1) is 23.5 Å². The third-order valence-corrected chi connectivity index (χ3v) is 9.18. The van der Waals surface area contributed by atoms with Crippen molar-refractivity contribution in [3.8, 4) is 5.75 Å². The first-order chi connectivity index (χ1) is 18.1. The van der Waals surface area contributed by atoms with Crippen molar-refractivity contribution in [2.45, 2.75) is 95.1 Å². The van der Waals surface area contributed by atoms with Crippen molar-refractivity contribution in [2.75, 3.05) is 18.2 Å². The quantitative estimate of drug-likeness (QED) is 0.296. The normalized spacial score (nSPS) is 13.2. The number of sulfonamides is 1. The Morgan fingerprint density at radius 3 is 2.23 bits per heavy atom. The zero-order valence-corrected chi connectivity index (χ0v) is 25.7. The summed E-state index contributed by atoms with van der Waals surface area (Å²) in [5.41, 5.74) is 2.40. The van der Waals surface area contributed by atoms with E-state index in [-0.39, 0.29) is 40.1 Å². The third kappa shape index (κ3) is 9.92. The predicted molar refractivity (Wildman–Crippen MR) is 157 cm³/mol. The molecule has 0 saturated carbocycles. The van der Waals surface area contributed by atoms with Crippen LogP contribution in [0.2, 0.25) is 0 Å². The van der Waals surface area contributed by atoms with E-state index in [2.05, 4.69) is 12.2 Å². The molecule has 1 atom stereocenters. The fourth-order valence-corrected chi connectivity index (χ4v) is 6.70. The molecule has 0 fully saturated rings. The summed E-state index contributed by atoms with van der Waals surface area (Å²) in [7, 11) is -5.65. The molecule has 0 bridgehead atoms. The van der Waals surface area contributed by atoms with Gasteiger partial charge in [-0.1, -0.05) is 72.1 Å². The fourth-order valence-electron chi connectivity index (χ4n) is 4.59. The molecule has 2 aromatic rings. The van der Waals surface area contributed by atoms with Crippen LogP contribution in [-0.4, -0.2) is 35.6 Å². The highest BCUT2D eigenvalue weighted by atomic mass is 32.2. The number of rotatable bonds is 14. The molecule has 0 aliphatic rings. The van der Waals surface area contributed by atoms with Crippen LogP contribution in [0.25, 0.3) is 0 Å². The van der Waals surface area contributed by atoms with Gasteiger partial charge in [-0.2, -0.15) is 0 Å². The Kier molecular flexibility index (Phi) is 11.6. The first-order valence-electron chi connectivity index (χ1n) is 13.5. The van der Waals surface area contributed by atoms with Crippen LogP contribution in [0.4, 0.5) is 5.69 Å². The zero-order chi connectivity index (χ0) is 29.4. The number of nitrogens with two attached hydrogens (primary N) is 1. The van der Waals surface area contributed by atoms with Gasteiger partial charge in [0.2, 0.25) is 15.9 Å². The lowest BCUT2D eigenvalue weighted by atomic mass is 9.85. The SMILES string of the molecule is CCCCC(CC(=O)Nc1cc(CS(N)(=O)=O)ccc1C(C)(C)C)c1ccc(S(=O)(=O)CCCC)cc1OC. The second-order valence-corrected chi connectivity index (χ2v) is 14.8. The number of unbranched alkanes of at least 4 members (excludes halogenated alkanes) is 2. The highest BCUT2D eigenvalue weighted by Crippen LogP contribution is 2.36. The molecule has 0 aliphatic carbocycles. The summed E-state index contributed by atoms with van der Waals surface area (Å²) in [5, 5.41) is 8.25. The lowest BCUT2D eigenvalue weighted by molar-refractivity contribution is -0.116. The van der Waals surface area contributed by atoms with Crippen molar-refractivity contribution in [1.29, 1.82) is 0 Å². The Morgan fingerprint density at radius 2 is 1.67 bits per heavy atom. The minimum Gasteiger partial charge on any atom is -0.496 e. The van der Waals surface area contributed by atoms with Crippen LogP contribution in [0.5, 0.6) is 5.75 Å². The summed E-state index contributed by atoms with van der Waals surface area (Å²) >= 11 is 0. The van der Waals surface area contributed by atoms with E-state index >= 15 is 0 Å². The van der Waals surface area contributed by atoms with Crippen LogP contribution in [0.15, 0.2) is 41.3 Å². The van der Waals surface area contributed by atoms with Crippen molar-refractivity contribution in [2.24, 2.45) is 5.14 Å². The maximum absolute atomic E-state index is 13.4. The molecule has 0 aromatic heterocycles. The number of methoxy groups -OCH3 is 1. The number of hydrogen-bond acceptors (Lipinski definition) is 6. The second-order valence-electron chi connectivity index (χ2n) is 11.1. The van der Waals surface area contributed by atoms with E-state index in [0.717, 1.165) is 36.8 Å². The Morgan fingerprint density at radius 1 is 1.00 bits per heavy atom. The minimum absolute atomic E-state index is 0.0777. The van der Waals surface area contributed by atoms with Gasteiger partial charge in [-0.05, 0) is 59.1 Å². The molecule has 10 heteroatoms. The Balaban J connectivity index is 2.40. The summed E-state index contributed by atoms with van der Waals surface area (Å²) in [6.45, 7) is 10.1. The van der Waals surface area contributed by atoms with Crippen LogP contribution >= 0.6 is 0 Å². The number of sulfone groups is 1. The molecule has 39 heavy (non-hydrogen) atoms.